The number of halogens is 3. The van der Waals surface area contributed by atoms with Gasteiger partial charge in [0.25, 0.3) is 0 Å². The molecule has 0 bridgehead atoms. The predicted molar refractivity (Wildman–Crippen MR) is 108 cm³/mol. The third-order valence-electron chi connectivity index (χ3n) is 4.63. The van der Waals surface area contributed by atoms with Gasteiger partial charge < -0.3 is 10.6 Å². The van der Waals surface area contributed by atoms with Crippen molar-refractivity contribution in [2.75, 3.05) is 39.8 Å². The molecule has 1 aromatic carbocycles. The summed E-state index contributed by atoms with van der Waals surface area (Å²) in [5.41, 5.74) is 0.967. The largest absolute Gasteiger partial charge is 0.355 e. The van der Waals surface area contributed by atoms with Crippen LogP contribution in [0.5, 0.6) is 0 Å². The molecular formula is C18H28Cl3N3O. The number of nitrogens with one attached hydrogen (secondary N) is 2. The van der Waals surface area contributed by atoms with E-state index < -0.39 is 0 Å². The number of nitrogens with zero attached hydrogens (tertiary/aromatic N) is 1. The van der Waals surface area contributed by atoms with Gasteiger partial charge in [0.2, 0.25) is 5.91 Å². The number of amides is 1. The number of likely N-dealkylation sites (tertiary alicyclic amines) is 1. The van der Waals surface area contributed by atoms with Crippen LogP contribution in [0.15, 0.2) is 18.2 Å². The van der Waals surface area contributed by atoms with Gasteiger partial charge in [0.15, 0.2) is 0 Å². The average Bonchev–Trinajstić information content (AvgIpc) is 2.58. The van der Waals surface area contributed by atoms with Crippen LogP contribution in [0.3, 0.4) is 0 Å². The first-order chi connectivity index (χ1) is 11.6. The van der Waals surface area contributed by atoms with Crippen LogP contribution < -0.4 is 10.6 Å². The third-order valence-corrected chi connectivity index (χ3v) is 5.48. The number of carbonyl (C=O) groups excluding carboxylic acids is 1. The molecule has 1 fully saturated rings. The fourth-order valence-corrected chi connectivity index (χ4v) is 3.53. The zero-order chi connectivity index (χ0) is 17.4. The molecule has 1 aromatic rings. The molecule has 0 unspecified atom stereocenters. The first kappa shape index (κ1) is 22.5. The van der Waals surface area contributed by atoms with Crippen molar-refractivity contribution in [3.63, 3.8) is 0 Å². The van der Waals surface area contributed by atoms with Crippen molar-refractivity contribution in [2.45, 2.75) is 25.7 Å². The van der Waals surface area contributed by atoms with Gasteiger partial charge >= 0.3 is 0 Å². The lowest BCUT2D eigenvalue weighted by Crippen LogP contribution is -2.42. The van der Waals surface area contributed by atoms with E-state index in [1.54, 1.807) is 6.07 Å². The summed E-state index contributed by atoms with van der Waals surface area (Å²) in [4.78, 5) is 14.3. The van der Waals surface area contributed by atoms with Crippen LogP contribution in [-0.2, 0) is 11.2 Å². The van der Waals surface area contributed by atoms with Crippen LogP contribution >= 0.6 is 35.6 Å². The molecule has 142 valence electrons. The van der Waals surface area contributed by atoms with Crippen LogP contribution in [0, 0.1) is 5.92 Å². The lowest BCUT2D eigenvalue weighted by molar-refractivity contribution is -0.122. The van der Waals surface area contributed by atoms with Gasteiger partial charge in [0.05, 0.1) is 16.6 Å². The van der Waals surface area contributed by atoms with Crippen molar-refractivity contribution in [3.05, 3.63) is 33.8 Å². The fraction of sp³-hybridized carbons (Fsp3) is 0.611. The van der Waals surface area contributed by atoms with Gasteiger partial charge in [0, 0.05) is 6.54 Å². The zero-order valence-electron chi connectivity index (χ0n) is 14.7. The first-order valence-electron chi connectivity index (χ1n) is 8.66. The highest BCUT2D eigenvalue weighted by atomic mass is 35.5. The van der Waals surface area contributed by atoms with Crippen LogP contribution in [0.25, 0.3) is 0 Å². The van der Waals surface area contributed by atoms with Gasteiger partial charge in [0.1, 0.15) is 0 Å². The molecule has 25 heavy (non-hydrogen) atoms. The topological polar surface area (TPSA) is 44.4 Å². The van der Waals surface area contributed by atoms with Gasteiger partial charge in [-0.3, -0.25) is 9.69 Å². The Labute approximate surface area is 167 Å². The molecule has 2 rings (SSSR count). The Balaban J connectivity index is 0.00000312. The molecule has 0 spiro atoms. The summed E-state index contributed by atoms with van der Waals surface area (Å²) in [5, 5.41) is 7.32. The van der Waals surface area contributed by atoms with Gasteiger partial charge in [-0.05, 0) is 69.9 Å². The number of hydrogen-bond donors (Lipinski definition) is 2. The highest BCUT2D eigenvalue weighted by Gasteiger charge is 2.20. The minimum atomic E-state index is 0. The Hall–Kier alpha value is -0.520. The molecule has 1 amide bonds. The van der Waals surface area contributed by atoms with Crippen molar-refractivity contribution in [3.8, 4) is 0 Å². The summed E-state index contributed by atoms with van der Waals surface area (Å²) in [5.74, 6) is 0.878. The lowest BCUT2D eigenvalue weighted by Gasteiger charge is -2.31. The SMILES string of the molecule is CNCCC1CCN(CC(=O)NCCc2cccc(Cl)c2Cl)CC1.Cl. The summed E-state index contributed by atoms with van der Waals surface area (Å²) in [7, 11) is 2.00. The van der Waals surface area contributed by atoms with E-state index >= 15 is 0 Å². The molecule has 1 aliphatic heterocycles. The van der Waals surface area contributed by atoms with Crippen LogP contribution in [0.2, 0.25) is 10.0 Å². The molecule has 2 N–H and O–H groups in total. The van der Waals surface area contributed by atoms with E-state index in [2.05, 4.69) is 15.5 Å². The van der Waals surface area contributed by atoms with Crippen molar-refractivity contribution < 1.29 is 4.79 Å². The van der Waals surface area contributed by atoms with Gasteiger partial charge in [-0.1, -0.05) is 35.3 Å². The molecule has 1 heterocycles. The smallest absolute Gasteiger partial charge is 0.234 e. The average molecular weight is 409 g/mol. The van der Waals surface area contributed by atoms with E-state index in [0.717, 1.165) is 31.1 Å². The Bertz CT molecular complexity index is 534. The van der Waals surface area contributed by atoms with E-state index in [0.29, 0.717) is 29.6 Å². The van der Waals surface area contributed by atoms with E-state index in [9.17, 15) is 4.79 Å². The molecule has 1 aliphatic rings. The number of rotatable bonds is 8. The lowest BCUT2D eigenvalue weighted by atomic mass is 9.93. The second-order valence-corrected chi connectivity index (χ2v) is 7.21. The molecule has 1 saturated heterocycles. The Kier molecular flexibility index (Phi) is 10.8. The number of carbonyl (C=O) groups is 1. The van der Waals surface area contributed by atoms with E-state index in [4.69, 9.17) is 23.2 Å². The van der Waals surface area contributed by atoms with Crippen LogP contribution in [0.4, 0.5) is 0 Å². The van der Waals surface area contributed by atoms with Crippen molar-refractivity contribution in [1.29, 1.82) is 0 Å². The molecular weight excluding hydrogens is 381 g/mol. The number of benzene rings is 1. The van der Waals surface area contributed by atoms with E-state index in [1.807, 2.05) is 19.2 Å². The van der Waals surface area contributed by atoms with E-state index in [-0.39, 0.29) is 18.3 Å². The van der Waals surface area contributed by atoms with Crippen molar-refractivity contribution >= 4 is 41.5 Å². The summed E-state index contributed by atoms with van der Waals surface area (Å²) in [6, 6.07) is 5.59. The normalized spacial score (nSPS) is 15.6. The summed E-state index contributed by atoms with van der Waals surface area (Å²) >= 11 is 12.2. The molecule has 0 aliphatic carbocycles. The summed E-state index contributed by atoms with van der Waals surface area (Å²) < 4.78 is 0. The highest BCUT2D eigenvalue weighted by Crippen LogP contribution is 2.25. The number of hydrogen-bond acceptors (Lipinski definition) is 3. The zero-order valence-corrected chi connectivity index (χ0v) is 17.0. The second kappa shape index (κ2) is 12.0. The minimum absolute atomic E-state index is 0. The molecule has 4 nitrogen and oxygen atoms in total. The predicted octanol–water partition coefficient (Wildman–Crippen LogP) is 3.40. The summed E-state index contributed by atoms with van der Waals surface area (Å²) in [6.45, 7) is 4.18. The maximum Gasteiger partial charge on any atom is 0.234 e. The molecule has 0 aromatic heterocycles. The Morgan fingerprint density at radius 1 is 1.24 bits per heavy atom. The first-order valence-corrected chi connectivity index (χ1v) is 9.42. The van der Waals surface area contributed by atoms with Crippen LogP contribution in [0.1, 0.15) is 24.8 Å². The van der Waals surface area contributed by atoms with E-state index in [1.165, 1.54) is 19.3 Å². The molecule has 0 radical (unpaired) electrons. The number of piperidine rings is 1. The Morgan fingerprint density at radius 3 is 2.64 bits per heavy atom. The second-order valence-electron chi connectivity index (χ2n) is 6.42. The standard InChI is InChI=1S/C18H27Cl2N3O.ClH/c1-21-9-5-14-7-11-23(12-8-14)13-17(24)22-10-6-15-3-2-4-16(19)18(15)20;/h2-4,14,21H,5-13H2,1H3,(H,22,24);1H. The van der Waals surface area contributed by atoms with Crippen molar-refractivity contribution in [1.82, 2.24) is 15.5 Å². The quantitative estimate of drug-likeness (QED) is 0.693. The molecule has 0 atom stereocenters. The molecule has 0 saturated carbocycles. The van der Waals surface area contributed by atoms with Crippen molar-refractivity contribution in [2.24, 2.45) is 5.92 Å². The van der Waals surface area contributed by atoms with Crippen LogP contribution in [-0.4, -0.2) is 50.6 Å². The summed E-state index contributed by atoms with van der Waals surface area (Å²) in [6.07, 6.45) is 4.30. The molecule has 7 heteroatoms. The highest BCUT2D eigenvalue weighted by molar-refractivity contribution is 6.42. The maximum atomic E-state index is 12.1. The van der Waals surface area contributed by atoms with Gasteiger partial charge in [-0.2, -0.15) is 0 Å². The van der Waals surface area contributed by atoms with Gasteiger partial charge in [-0.15, -0.1) is 12.4 Å². The van der Waals surface area contributed by atoms with Gasteiger partial charge in [-0.25, -0.2) is 0 Å². The minimum Gasteiger partial charge on any atom is -0.355 e. The fourth-order valence-electron chi connectivity index (χ4n) is 3.12. The maximum absolute atomic E-state index is 12.1. The third kappa shape index (κ3) is 7.71. The monoisotopic (exact) mass is 407 g/mol. The Morgan fingerprint density at radius 2 is 1.96 bits per heavy atom.